The van der Waals surface area contributed by atoms with E-state index >= 15 is 0 Å². The summed E-state index contributed by atoms with van der Waals surface area (Å²) in [6, 6.07) is 9.10. The van der Waals surface area contributed by atoms with Gasteiger partial charge in [-0.25, -0.2) is 23.1 Å². The summed E-state index contributed by atoms with van der Waals surface area (Å²) in [7, 11) is 2.40. The van der Waals surface area contributed by atoms with Crippen molar-refractivity contribution >= 4 is 48.9 Å². The largest absolute Gasteiger partial charge is 0.495 e. The third kappa shape index (κ3) is 5.32. The highest BCUT2D eigenvalue weighted by Gasteiger charge is 2.31. The molecule has 0 saturated carbocycles. The summed E-state index contributed by atoms with van der Waals surface area (Å²) in [4.78, 5) is 16.1. The zero-order valence-corrected chi connectivity index (χ0v) is 18.8. The van der Waals surface area contributed by atoms with E-state index in [1.165, 1.54) is 31.4 Å². The van der Waals surface area contributed by atoms with Gasteiger partial charge >= 0.3 is 12.3 Å². The van der Waals surface area contributed by atoms with E-state index in [4.69, 9.17) is 27.0 Å². The van der Waals surface area contributed by atoms with Crippen molar-refractivity contribution in [3.05, 3.63) is 65.3 Å². The molecule has 1 heterocycles. The lowest BCUT2D eigenvalue weighted by Gasteiger charge is -2.22. The molecule has 0 atom stereocenters. The number of ether oxygens (including phenoxy) is 1. The molecule has 0 bridgehead atoms. The molecule has 0 aliphatic heterocycles. The quantitative estimate of drug-likeness (QED) is 0.404. The molecule has 0 aliphatic rings. The Morgan fingerprint density at radius 2 is 1.85 bits per heavy atom. The summed E-state index contributed by atoms with van der Waals surface area (Å²) < 4.78 is 67.4. The molecule has 174 valence electrons. The van der Waals surface area contributed by atoms with Gasteiger partial charge in [-0.3, -0.25) is 0 Å². The Morgan fingerprint density at radius 3 is 2.36 bits per heavy atom. The van der Waals surface area contributed by atoms with E-state index in [-0.39, 0.29) is 38.3 Å². The van der Waals surface area contributed by atoms with Gasteiger partial charge in [0.2, 0.25) is 0 Å². The minimum absolute atomic E-state index is 0.0370. The fourth-order valence-corrected chi connectivity index (χ4v) is 3.89. The summed E-state index contributed by atoms with van der Waals surface area (Å²) >= 11 is 6.31. The molecule has 3 aromatic rings. The molecule has 33 heavy (non-hydrogen) atoms. The van der Waals surface area contributed by atoms with Crippen LogP contribution in [0, 0.1) is 0 Å². The van der Waals surface area contributed by atoms with Crippen LogP contribution in [0.2, 0.25) is 5.02 Å². The number of carboxylic acid groups (broad SMARTS) is 1. The number of halogens is 5. The highest BCUT2D eigenvalue weighted by molar-refractivity contribution is 8.13. The van der Waals surface area contributed by atoms with Crippen LogP contribution in [0.1, 0.15) is 5.56 Å². The minimum atomic E-state index is -4.57. The van der Waals surface area contributed by atoms with Crippen LogP contribution in [0.25, 0.3) is 11.1 Å². The topological polar surface area (TPSA) is 96.8 Å². The number of aromatic nitrogens is 1. The van der Waals surface area contributed by atoms with Gasteiger partial charge in [-0.2, -0.15) is 13.2 Å². The average molecular weight is 521 g/mol. The van der Waals surface area contributed by atoms with Crippen molar-refractivity contribution in [2.75, 3.05) is 12.0 Å². The molecule has 0 fully saturated rings. The number of nitrogens with zero attached hydrogens (tertiary/aromatic N) is 2. The fraction of sp³-hybridized carbons (Fsp3) is 0.100. The Kier molecular flexibility index (Phi) is 6.78. The number of anilines is 2. The third-order valence-electron chi connectivity index (χ3n) is 4.43. The molecule has 2 aromatic carbocycles. The summed E-state index contributed by atoms with van der Waals surface area (Å²) in [6.07, 6.45) is -5.20. The van der Waals surface area contributed by atoms with Crippen molar-refractivity contribution in [1.82, 2.24) is 4.98 Å². The van der Waals surface area contributed by atoms with Gasteiger partial charge in [0.1, 0.15) is 16.5 Å². The summed E-state index contributed by atoms with van der Waals surface area (Å²) in [5.41, 5.74) is -0.675. The maximum absolute atomic E-state index is 13.1. The number of carbonyl (C=O) groups is 1. The lowest BCUT2D eigenvalue weighted by molar-refractivity contribution is -0.137. The predicted molar refractivity (Wildman–Crippen MR) is 116 cm³/mol. The summed E-state index contributed by atoms with van der Waals surface area (Å²) in [5.74, 6) is -0.238. The van der Waals surface area contributed by atoms with Gasteiger partial charge in [0.15, 0.2) is 0 Å². The molecule has 0 unspecified atom stereocenters. The van der Waals surface area contributed by atoms with Crippen LogP contribution in [0.4, 0.5) is 29.5 Å². The van der Waals surface area contributed by atoms with E-state index in [0.29, 0.717) is 4.90 Å². The lowest BCUT2D eigenvalue weighted by atomic mass is 10.0. The Labute approximate surface area is 195 Å². The van der Waals surface area contributed by atoms with Gasteiger partial charge in [-0.1, -0.05) is 23.7 Å². The number of rotatable bonds is 5. The first-order chi connectivity index (χ1) is 15.3. The molecule has 3 rings (SSSR count). The number of hydrogen-bond donors (Lipinski definition) is 1. The third-order valence-corrected chi connectivity index (χ3v) is 6.08. The van der Waals surface area contributed by atoms with Crippen LogP contribution in [0.3, 0.4) is 0 Å². The SMILES string of the molecule is COc1cc(-c2cccc(C(F)(F)F)c2)c(Cl)cc1N(C(=O)O)c1ccc(S(=O)(=O)Cl)cn1. The molecule has 0 saturated heterocycles. The van der Waals surface area contributed by atoms with Gasteiger partial charge in [-0.15, -0.1) is 0 Å². The molecular formula is C20H13Cl2F3N2O5S. The van der Waals surface area contributed by atoms with Crippen LogP contribution in [0.15, 0.2) is 59.6 Å². The number of methoxy groups -OCH3 is 1. The molecule has 0 aliphatic carbocycles. The van der Waals surface area contributed by atoms with Crippen molar-refractivity contribution in [3.63, 3.8) is 0 Å². The predicted octanol–water partition coefficient (Wildman–Crippen LogP) is 6.17. The summed E-state index contributed by atoms with van der Waals surface area (Å²) in [5, 5.41) is 9.69. The zero-order chi connectivity index (χ0) is 24.6. The number of hydrogen-bond acceptors (Lipinski definition) is 5. The normalized spacial score (nSPS) is 11.8. The Morgan fingerprint density at radius 1 is 1.15 bits per heavy atom. The smallest absolute Gasteiger partial charge is 0.417 e. The lowest BCUT2D eigenvalue weighted by Crippen LogP contribution is -2.25. The van der Waals surface area contributed by atoms with Crippen molar-refractivity contribution in [3.8, 4) is 16.9 Å². The Hall–Kier alpha value is -3.02. The average Bonchev–Trinajstić information content (AvgIpc) is 2.73. The van der Waals surface area contributed by atoms with E-state index < -0.39 is 26.9 Å². The number of amides is 1. The second-order valence-corrected chi connectivity index (χ2v) is 9.46. The van der Waals surface area contributed by atoms with E-state index in [9.17, 15) is 31.5 Å². The fourth-order valence-electron chi connectivity index (χ4n) is 2.94. The monoisotopic (exact) mass is 520 g/mol. The van der Waals surface area contributed by atoms with E-state index in [2.05, 4.69) is 4.98 Å². The maximum Gasteiger partial charge on any atom is 0.417 e. The molecule has 13 heteroatoms. The molecule has 7 nitrogen and oxygen atoms in total. The number of alkyl halides is 3. The van der Waals surface area contributed by atoms with Crippen LogP contribution >= 0.6 is 22.3 Å². The molecule has 1 aromatic heterocycles. The zero-order valence-electron chi connectivity index (χ0n) is 16.5. The second-order valence-electron chi connectivity index (χ2n) is 6.49. The van der Waals surface area contributed by atoms with E-state index in [1.807, 2.05) is 0 Å². The Bertz CT molecular complexity index is 1320. The molecule has 0 spiro atoms. The first kappa shape index (κ1) is 24.6. The molecule has 0 radical (unpaired) electrons. The molecule has 1 amide bonds. The summed E-state index contributed by atoms with van der Waals surface area (Å²) in [6.45, 7) is 0. The number of pyridine rings is 1. The van der Waals surface area contributed by atoms with Crippen molar-refractivity contribution < 1.29 is 36.2 Å². The Balaban J connectivity index is 2.13. The second kappa shape index (κ2) is 9.08. The highest BCUT2D eigenvalue weighted by Crippen LogP contribution is 2.42. The molecular weight excluding hydrogens is 508 g/mol. The van der Waals surface area contributed by atoms with Crippen LogP contribution in [-0.2, 0) is 15.2 Å². The maximum atomic E-state index is 13.1. The van der Waals surface area contributed by atoms with Crippen molar-refractivity contribution in [2.24, 2.45) is 0 Å². The number of benzene rings is 2. The van der Waals surface area contributed by atoms with Crippen molar-refractivity contribution in [1.29, 1.82) is 0 Å². The van der Waals surface area contributed by atoms with Gasteiger partial charge in [0, 0.05) is 22.4 Å². The van der Waals surface area contributed by atoms with Gasteiger partial charge in [-0.05, 0) is 42.0 Å². The minimum Gasteiger partial charge on any atom is -0.495 e. The van der Waals surface area contributed by atoms with Crippen molar-refractivity contribution in [2.45, 2.75) is 11.1 Å². The van der Waals surface area contributed by atoms with E-state index in [1.54, 1.807) is 0 Å². The van der Waals surface area contributed by atoms with Crippen LogP contribution in [0.5, 0.6) is 5.75 Å². The van der Waals surface area contributed by atoms with Crippen LogP contribution in [-0.4, -0.2) is 31.7 Å². The van der Waals surface area contributed by atoms with Crippen LogP contribution < -0.4 is 9.64 Å². The first-order valence-corrected chi connectivity index (χ1v) is 11.5. The standard InChI is InChI=1S/C20H13Cl2F3N2O5S/c1-32-17-8-14(11-3-2-4-12(7-11)20(23,24)25)15(21)9-16(17)27(19(28)29)18-6-5-13(10-26-18)33(22,30)31/h2-10H,1H3,(H,28,29). The van der Waals surface area contributed by atoms with Gasteiger partial charge < -0.3 is 9.84 Å². The highest BCUT2D eigenvalue weighted by atomic mass is 35.7. The van der Waals surface area contributed by atoms with E-state index in [0.717, 1.165) is 30.5 Å². The van der Waals surface area contributed by atoms with Gasteiger partial charge in [0.25, 0.3) is 9.05 Å². The van der Waals surface area contributed by atoms with Gasteiger partial charge in [0.05, 0.1) is 23.4 Å². The first-order valence-electron chi connectivity index (χ1n) is 8.82. The molecule has 1 N–H and O–H groups in total.